The molecule has 0 saturated carbocycles. The lowest BCUT2D eigenvalue weighted by molar-refractivity contribution is 0.115. The summed E-state index contributed by atoms with van der Waals surface area (Å²) in [6, 6.07) is 5.53. The highest BCUT2D eigenvalue weighted by Crippen LogP contribution is 2.12. The summed E-state index contributed by atoms with van der Waals surface area (Å²) in [5, 5.41) is 8.81. The van der Waals surface area contributed by atoms with Crippen molar-refractivity contribution in [2.45, 2.75) is 19.6 Å². The van der Waals surface area contributed by atoms with Gasteiger partial charge in [-0.05, 0) is 19.1 Å². The molecule has 66 valence electrons. The molecule has 3 heteroatoms. The van der Waals surface area contributed by atoms with Crippen molar-refractivity contribution in [3.05, 3.63) is 29.6 Å². The van der Waals surface area contributed by atoms with Crippen LogP contribution < -0.4 is 0 Å². The van der Waals surface area contributed by atoms with E-state index in [0.717, 1.165) is 5.69 Å². The minimum absolute atomic E-state index is 0.0171. The van der Waals surface area contributed by atoms with E-state index in [4.69, 9.17) is 9.84 Å². The maximum Gasteiger partial charge on any atom is 0.0962 e. The van der Waals surface area contributed by atoms with Crippen LogP contribution in [0.1, 0.15) is 24.4 Å². The number of nitrogens with zero attached hydrogens (tertiary/aromatic N) is 1. The molecule has 1 atom stereocenters. The van der Waals surface area contributed by atoms with Gasteiger partial charge in [-0.2, -0.15) is 0 Å². The van der Waals surface area contributed by atoms with Crippen LogP contribution in [0.2, 0.25) is 0 Å². The molecule has 1 N–H and O–H groups in total. The zero-order chi connectivity index (χ0) is 8.97. The van der Waals surface area contributed by atoms with Gasteiger partial charge in [0.25, 0.3) is 0 Å². The number of aromatic nitrogens is 1. The zero-order valence-electron chi connectivity index (χ0n) is 7.32. The summed E-state index contributed by atoms with van der Waals surface area (Å²) in [7, 11) is 1.64. The number of aliphatic hydroxyl groups excluding tert-OH is 1. The third kappa shape index (κ3) is 2.03. The molecule has 1 rings (SSSR count). The van der Waals surface area contributed by atoms with Gasteiger partial charge >= 0.3 is 0 Å². The van der Waals surface area contributed by atoms with Crippen molar-refractivity contribution in [1.29, 1.82) is 0 Å². The van der Waals surface area contributed by atoms with Crippen molar-refractivity contribution in [2.24, 2.45) is 0 Å². The van der Waals surface area contributed by atoms with Crippen molar-refractivity contribution >= 4 is 0 Å². The van der Waals surface area contributed by atoms with Crippen LogP contribution in [0.15, 0.2) is 18.2 Å². The quantitative estimate of drug-likeness (QED) is 0.737. The van der Waals surface area contributed by atoms with Crippen molar-refractivity contribution in [1.82, 2.24) is 4.98 Å². The summed E-state index contributed by atoms with van der Waals surface area (Å²) in [6.45, 7) is 1.90. The average Bonchev–Trinajstić information content (AvgIpc) is 2.17. The summed E-state index contributed by atoms with van der Waals surface area (Å²) in [5.41, 5.74) is 1.53. The monoisotopic (exact) mass is 167 g/mol. The predicted octanol–water partition coefficient (Wildman–Crippen LogP) is 1.28. The van der Waals surface area contributed by atoms with Crippen LogP contribution in [0.4, 0.5) is 0 Å². The van der Waals surface area contributed by atoms with Crippen LogP contribution in [0.3, 0.4) is 0 Å². The third-order valence-corrected chi connectivity index (χ3v) is 1.76. The van der Waals surface area contributed by atoms with Gasteiger partial charge in [0.05, 0.1) is 24.1 Å². The number of hydrogen-bond acceptors (Lipinski definition) is 3. The first-order valence-corrected chi connectivity index (χ1v) is 3.87. The Labute approximate surface area is 72.0 Å². The molecule has 0 aliphatic rings. The second kappa shape index (κ2) is 4.18. The number of pyridine rings is 1. The smallest absolute Gasteiger partial charge is 0.0962 e. The SMILES string of the molecule is COC(C)c1cccc(CO)n1. The van der Waals surface area contributed by atoms with E-state index in [0.29, 0.717) is 5.69 Å². The molecule has 0 aliphatic carbocycles. The molecule has 0 fully saturated rings. The standard InChI is InChI=1S/C9H13NO2/c1-7(12-2)9-5-3-4-8(6-11)10-9/h3-5,7,11H,6H2,1-2H3. The molecule has 1 heterocycles. The van der Waals surface area contributed by atoms with E-state index in [2.05, 4.69) is 4.98 Å². The van der Waals surface area contributed by atoms with Gasteiger partial charge in [0.2, 0.25) is 0 Å². The van der Waals surface area contributed by atoms with Crippen molar-refractivity contribution < 1.29 is 9.84 Å². The highest BCUT2D eigenvalue weighted by molar-refractivity contribution is 5.12. The van der Waals surface area contributed by atoms with Gasteiger partial charge < -0.3 is 9.84 Å². The predicted molar refractivity (Wildman–Crippen MR) is 45.6 cm³/mol. The van der Waals surface area contributed by atoms with Gasteiger partial charge in [-0.25, -0.2) is 0 Å². The highest BCUT2D eigenvalue weighted by atomic mass is 16.5. The van der Waals surface area contributed by atoms with Gasteiger partial charge in [-0.15, -0.1) is 0 Å². The molecule has 0 aromatic carbocycles. The molecular weight excluding hydrogens is 154 g/mol. The Balaban J connectivity index is 2.86. The van der Waals surface area contributed by atoms with Gasteiger partial charge in [-0.1, -0.05) is 6.07 Å². The maximum atomic E-state index is 8.81. The second-order valence-electron chi connectivity index (χ2n) is 2.59. The summed E-state index contributed by atoms with van der Waals surface area (Å²) in [6.07, 6.45) is -0.0171. The Kier molecular flexibility index (Phi) is 3.19. The van der Waals surface area contributed by atoms with Crippen molar-refractivity contribution in [3.63, 3.8) is 0 Å². The summed E-state index contributed by atoms with van der Waals surface area (Å²) in [5.74, 6) is 0. The minimum Gasteiger partial charge on any atom is -0.390 e. The normalized spacial score (nSPS) is 12.9. The Morgan fingerprint density at radius 1 is 1.58 bits per heavy atom. The van der Waals surface area contributed by atoms with Gasteiger partial charge in [0, 0.05) is 7.11 Å². The Hall–Kier alpha value is -0.930. The molecule has 3 nitrogen and oxygen atoms in total. The van der Waals surface area contributed by atoms with Crippen LogP contribution in [0, 0.1) is 0 Å². The van der Waals surface area contributed by atoms with Crippen molar-refractivity contribution in [2.75, 3.05) is 7.11 Å². The first-order valence-electron chi connectivity index (χ1n) is 3.87. The molecule has 0 aliphatic heterocycles. The molecule has 0 amide bonds. The summed E-state index contributed by atoms with van der Waals surface area (Å²) < 4.78 is 5.09. The number of ether oxygens (including phenoxy) is 1. The fourth-order valence-electron chi connectivity index (χ4n) is 0.933. The van der Waals surface area contributed by atoms with Crippen LogP contribution in [0.25, 0.3) is 0 Å². The Bertz CT molecular complexity index is 250. The van der Waals surface area contributed by atoms with Gasteiger partial charge in [-0.3, -0.25) is 4.98 Å². The van der Waals surface area contributed by atoms with Crippen LogP contribution in [-0.4, -0.2) is 17.2 Å². The number of rotatable bonds is 3. The van der Waals surface area contributed by atoms with Crippen LogP contribution in [0.5, 0.6) is 0 Å². The fraction of sp³-hybridized carbons (Fsp3) is 0.444. The Morgan fingerprint density at radius 3 is 2.92 bits per heavy atom. The molecule has 12 heavy (non-hydrogen) atoms. The number of aliphatic hydroxyl groups is 1. The Morgan fingerprint density at radius 2 is 2.33 bits per heavy atom. The molecule has 0 bridgehead atoms. The zero-order valence-corrected chi connectivity index (χ0v) is 7.32. The van der Waals surface area contributed by atoms with Gasteiger partial charge in [0.15, 0.2) is 0 Å². The fourth-order valence-corrected chi connectivity index (χ4v) is 0.933. The molecule has 1 aromatic rings. The molecular formula is C9H13NO2. The molecule has 0 saturated heterocycles. The van der Waals surface area contributed by atoms with Crippen molar-refractivity contribution in [3.8, 4) is 0 Å². The number of methoxy groups -OCH3 is 1. The van der Waals surface area contributed by atoms with Crippen LogP contribution >= 0.6 is 0 Å². The van der Waals surface area contributed by atoms with Gasteiger partial charge in [0.1, 0.15) is 0 Å². The van der Waals surface area contributed by atoms with E-state index in [1.165, 1.54) is 0 Å². The van der Waals surface area contributed by atoms with E-state index in [9.17, 15) is 0 Å². The molecule has 0 spiro atoms. The topological polar surface area (TPSA) is 42.4 Å². The lowest BCUT2D eigenvalue weighted by Crippen LogP contribution is -2.01. The second-order valence-corrected chi connectivity index (χ2v) is 2.59. The lowest BCUT2D eigenvalue weighted by Gasteiger charge is -2.08. The first kappa shape index (κ1) is 9.16. The number of hydrogen-bond donors (Lipinski definition) is 1. The highest BCUT2D eigenvalue weighted by Gasteiger charge is 2.04. The lowest BCUT2D eigenvalue weighted by atomic mass is 10.2. The third-order valence-electron chi connectivity index (χ3n) is 1.76. The molecule has 0 radical (unpaired) electrons. The summed E-state index contributed by atoms with van der Waals surface area (Å²) in [4.78, 5) is 4.19. The summed E-state index contributed by atoms with van der Waals surface area (Å²) >= 11 is 0. The largest absolute Gasteiger partial charge is 0.390 e. The maximum absolute atomic E-state index is 8.81. The minimum atomic E-state index is -0.0235. The van der Waals surface area contributed by atoms with E-state index in [1.54, 1.807) is 13.2 Å². The van der Waals surface area contributed by atoms with E-state index in [1.807, 2.05) is 19.1 Å². The average molecular weight is 167 g/mol. The van der Waals surface area contributed by atoms with Crippen LogP contribution in [-0.2, 0) is 11.3 Å². The molecule has 1 aromatic heterocycles. The first-order chi connectivity index (χ1) is 5.77. The van der Waals surface area contributed by atoms with E-state index >= 15 is 0 Å². The van der Waals surface area contributed by atoms with E-state index in [-0.39, 0.29) is 12.7 Å². The molecule has 1 unspecified atom stereocenters. The van der Waals surface area contributed by atoms with E-state index < -0.39 is 0 Å².